The second-order valence-electron chi connectivity index (χ2n) is 4.91. The normalized spacial score (nSPS) is 11.9. The second kappa shape index (κ2) is 5.67. The van der Waals surface area contributed by atoms with Crippen molar-refractivity contribution in [3.05, 3.63) is 39.8 Å². The molecule has 11 heteroatoms. The van der Waals surface area contributed by atoms with Crippen LogP contribution in [0.5, 0.6) is 0 Å². The molecule has 3 aromatic rings. The Morgan fingerprint density at radius 3 is 2.33 bits per heavy atom. The number of rotatable bonds is 2. The number of nitrogens with one attached hydrogen (secondary N) is 1. The summed E-state index contributed by atoms with van der Waals surface area (Å²) in [6, 6.07) is 4.50. The Hall–Kier alpha value is -2.26. The van der Waals surface area contributed by atoms with Crippen LogP contribution in [0.15, 0.2) is 18.2 Å². The van der Waals surface area contributed by atoms with Gasteiger partial charge in [0.15, 0.2) is 0 Å². The third-order valence-corrected chi connectivity index (χ3v) is 3.67. The molecule has 1 aromatic carbocycles. The molecule has 2 aromatic heterocycles. The van der Waals surface area contributed by atoms with E-state index >= 15 is 0 Å². The zero-order chi connectivity index (χ0) is 17.6. The fourth-order valence-corrected chi connectivity index (χ4v) is 2.49. The lowest BCUT2D eigenvalue weighted by Crippen LogP contribution is -2.08. The van der Waals surface area contributed by atoms with E-state index in [2.05, 4.69) is 20.4 Å². The molecule has 0 aliphatic carbocycles. The average molecular weight is 377 g/mol. The van der Waals surface area contributed by atoms with Crippen LogP contribution < -0.4 is 11.1 Å². The Bertz CT molecular complexity index is 914. The van der Waals surface area contributed by atoms with Gasteiger partial charge in [-0.25, -0.2) is 4.98 Å². The van der Waals surface area contributed by atoms with E-state index in [1.165, 1.54) is 18.2 Å². The fourth-order valence-electron chi connectivity index (χ4n) is 2.00. The number of nitrogens with two attached hydrogens (primary N) is 1. The minimum Gasteiger partial charge on any atom is -0.396 e. The van der Waals surface area contributed by atoms with E-state index in [-0.39, 0.29) is 27.3 Å². The molecule has 0 aliphatic heterocycles. The minimum absolute atomic E-state index is 0.183. The summed E-state index contributed by atoms with van der Waals surface area (Å²) in [5, 5.41) is 6.76. The van der Waals surface area contributed by atoms with Crippen LogP contribution in [-0.4, -0.2) is 19.6 Å². The highest BCUT2D eigenvalue weighted by Crippen LogP contribution is 2.33. The Labute approximate surface area is 143 Å². The van der Waals surface area contributed by atoms with Crippen LogP contribution in [-0.2, 0) is 6.18 Å². The highest BCUT2D eigenvalue weighted by atomic mass is 35.5. The topological polar surface area (TPSA) is 81.1 Å². The molecular formula is C13H9Cl2F3N6. The van der Waals surface area contributed by atoms with Crippen molar-refractivity contribution in [2.24, 2.45) is 0 Å². The third kappa shape index (κ3) is 3.04. The summed E-state index contributed by atoms with van der Waals surface area (Å²) in [5.41, 5.74) is 6.75. The van der Waals surface area contributed by atoms with Gasteiger partial charge in [0, 0.05) is 17.4 Å². The van der Waals surface area contributed by atoms with Crippen molar-refractivity contribution in [1.29, 1.82) is 0 Å². The number of hydrogen-bond acceptors (Lipinski definition) is 5. The summed E-state index contributed by atoms with van der Waals surface area (Å²) in [5.74, 6) is -1.24. The molecule has 0 spiro atoms. The number of fused-ring (bicyclic) bond motifs is 1. The average Bonchev–Trinajstić information content (AvgIpc) is 2.88. The number of alkyl halides is 3. The highest BCUT2D eigenvalue weighted by Gasteiger charge is 2.36. The molecule has 24 heavy (non-hydrogen) atoms. The predicted molar refractivity (Wildman–Crippen MR) is 84.7 cm³/mol. The number of hydrogen-bond donors (Lipinski definition) is 2. The van der Waals surface area contributed by atoms with E-state index in [1.807, 2.05) is 0 Å². The Morgan fingerprint density at radius 1 is 1.12 bits per heavy atom. The molecule has 0 amide bonds. The lowest BCUT2D eigenvalue weighted by Gasteiger charge is -2.11. The number of nitrogen functional groups attached to an aromatic ring is 1. The van der Waals surface area contributed by atoms with Crippen molar-refractivity contribution >= 4 is 46.2 Å². The van der Waals surface area contributed by atoms with Crippen molar-refractivity contribution in [2.45, 2.75) is 13.1 Å². The van der Waals surface area contributed by atoms with Crippen LogP contribution in [0.1, 0.15) is 11.5 Å². The van der Waals surface area contributed by atoms with Gasteiger partial charge in [0.1, 0.15) is 5.82 Å². The smallest absolute Gasteiger partial charge is 0.396 e. The van der Waals surface area contributed by atoms with Crippen LogP contribution >= 0.6 is 23.2 Å². The summed E-state index contributed by atoms with van der Waals surface area (Å²) in [6.45, 7) is 1.62. The van der Waals surface area contributed by atoms with Gasteiger partial charge >= 0.3 is 6.18 Å². The van der Waals surface area contributed by atoms with Gasteiger partial charge < -0.3 is 11.1 Å². The molecule has 0 unspecified atom stereocenters. The standard InChI is InChI=1S/C13H9Cl2F3N6/c1-5-2-9(21-6-3-7(14)10(19)8(15)4-6)24-12(20-5)22-11(23-24)13(16,17)18/h2-4,21H,19H2,1H3. The Morgan fingerprint density at radius 2 is 1.75 bits per heavy atom. The Kier molecular flexibility index (Phi) is 3.92. The van der Waals surface area contributed by atoms with Crippen LogP contribution in [0.2, 0.25) is 10.0 Å². The zero-order valence-corrected chi connectivity index (χ0v) is 13.5. The molecule has 0 saturated heterocycles. The van der Waals surface area contributed by atoms with Gasteiger partial charge in [-0.2, -0.15) is 22.7 Å². The van der Waals surface area contributed by atoms with Gasteiger partial charge in [-0.3, -0.25) is 0 Å². The summed E-state index contributed by atoms with van der Waals surface area (Å²) in [4.78, 5) is 7.34. The van der Waals surface area contributed by atoms with Crippen molar-refractivity contribution in [3.63, 3.8) is 0 Å². The van der Waals surface area contributed by atoms with Crippen molar-refractivity contribution in [3.8, 4) is 0 Å². The summed E-state index contributed by atoms with van der Waals surface area (Å²) >= 11 is 11.9. The molecular weight excluding hydrogens is 368 g/mol. The number of halogens is 5. The van der Waals surface area contributed by atoms with E-state index in [4.69, 9.17) is 28.9 Å². The van der Waals surface area contributed by atoms with E-state index in [9.17, 15) is 13.2 Å². The van der Waals surface area contributed by atoms with Crippen molar-refractivity contribution < 1.29 is 13.2 Å². The lowest BCUT2D eigenvalue weighted by molar-refractivity contribution is -0.144. The maximum absolute atomic E-state index is 12.8. The van der Waals surface area contributed by atoms with Gasteiger partial charge in [-0.15, -0.1) is 5.10 Å². The molecule has 0 radical (unpaired) electrons. The first-order valence-corrected chi connectivity index (χ1v) is 7.24. The van der Waals surface area contributed by atoms with Gasteiger partial charge in [0.2, 0.25) is 0 Å². The van der Waals surface area contributed by atoms with E-state index in [0.717, 1.165) is 4.52 Å². The van der Waals surface area contributed by atoms with Gasteiger partial charge in [0.05, 0.1) is 15.7 Å². The third-order valence-electron chi connectivity index (χ3n) is 3.05. The predicted octanol–water partition coefficient (Wildman–Crippen LogP) is 4.08. The molecule has 0 saturated carbocycles. The molecule has 0 fully saturated rings. The molecule has 126 valence electrons. The molecule has 0 atom stereocenters. The lowest BCUT2D eigenvalue weighted by atomic mass is 10.2. The largest absolute Gasteiger partial charge is 0.453 e. The number of aryl methyl sites for hydroxylation is 1. The first kappa shape index (κ1) is 16.6. The number of anilines is 3. The van der Waals surface area contributed by atoms with Gasteiger partial charge in [0.25, 0.3) is 11.6 Å². The van der Waals surface area contributed by atoms with Crippen molar-refractivity contribution in [2.75, 3.05) is 11.1 Å². The first-order valence-electron chi connectivity index (χ1n) is 6.48. The molecule has 3 rings (SSSR count). The SMILES string of the molecule is Cc1cc(Nc2cc(Cl)c(N)c(Cl)c2)n2nc(C(F)(F)F)nc2n1. The molecule has 3 N–H and O–H groups in total. The quantitative estimate of drug-likeness (QED) is 0.658. The maximum atomic E-state index is 12.8. The van der Waals surface area contributed by atoms with Gasteiger partial charge in [-0.05, 0) is 19.1 Å². The van der Waals surface area contributed by atoms with E-state index in [1.54, 1.807) is 6.92 Å². The minimum atomic E-state index is -4.67. The molecule has 0 bridgehead atoms. The monoisotopic (exact) mass is 376 g/mol. The summed E-state index contributed by atoms with van der Waals surface area (Å²) in [6.07, 6.45) is -4.67. The first-order chi connectivity index (χ1) is 11.1. The van der Waals surface area contributed by atoms with Crippen LogP contribution in [0, 0.1) is 6.92 Å². The van der Waals surface area contributed by atoms with Crippen LogP contribution in [0.3, 0.4) is 0 Å². The number of benzene rings is 1. The van der Waals surface area contributed by atoms with Crippen LogP contribution in [0.25, 0.3) is 5.78 Å². The number of nitrogens with zero attached hydrogens (tertiary/aromatic N) is 4. The van der Waals surface area contributed by atoms with Crippen molar-refractivity contribution in [1.82, 2.24) is 19.6 Å². The number of aromatic nitrogens is 4. The highest BCUT2D eigenvalue weighted by molar-refractivity contribution is 6.39. The molecule has 2 heterocycles. The molecule has 6 nitrogen and oxygen atoms in total. The Balaban J connectivity index is 2.10. The zero-order valence-electron chi connectivity index (χ0n) is 12.0. The fraction of sp³-hybridized carbons (Fsp3) is 0.154. The van der Waals surface area contributed by atoms with E-state index in [0.29, 0.717) is 11.4 Å². The van der Waals surface area contributed by atoms with Gasteiger partial charge in [-0.1, -0.05) is 23.2 Å². The maximum Gasteiger partial charge on any atom is 0.453 e. The van der Waals surface area contributed by atoms with Crippen LogP contribution in [0.4, 0.5) is 30.4 Å². The summed E-state index contributed by atoms with van der Waals surface area (Å²) in [7, 11) is 0. The second-order valence-corrected chi connectivity index (χ2v) is 5.72. The molecule has 0 aliphatic rings. The van der Waals surface area contributed by atoms with E-state index < -0.39 is 12.0 Å². The summed E-state index contributed by atoms with van der Waals surface area (Å²) < 4.78 is 39.4.